The number of aryl methyl sites for hydroxylation is 1. The van der Waals surface area contributed by atoms with Crippen LogP contribution in [-0.2, 0) is 4.74 Å². The van der Waals surface area contributed by atoms with Crippen molar-refractivity contribution in [2.75, 3.05) is 14.2 Å². The van der Waals surface area contributed by atoms with Gasteiger partial charge in [-0.3, -0.25) is 4.98 Å². The van der Waals surface area contributed by atoms with Gasteiger partial charge < -0.3 is 9.47 Å². The summed E-state index contributed by atoms with van der Waals surface area (Å²) in [5, 5.41) is 9.06. The Labute approximate surface area is 122 Å². The van der Waals surface area contributed by atoms with Gasteiger partial charge in [0.1, 0.15) is 5.75 Å². The predicted molar refractivity (Wildman–Crippen MR) is 77.0 cm³/mol. The monoisotopic (exact) mass is 282 g/mol. The lowest BCUT2D eigenvalue weighted by molar-refractivity contribution is 0.0601. The highest BCUT2D eigenvalue weighted by Gasteiger charge is 2.17. The van der Waals surface area contributed by atoms with Gasteiger partial charge in [0.05, 0.1) is 31.4 Å². The van der Waals surface area contributed by atoms with Crippen LogP contribution in [-0.4, -0.2) is 25.2 Å². The summed E-state index contributed by atoms with van der Waals surface area (Å²) in [5.74, 6) is 0.0895. The number of esters is 1. The first kappa shape index (κ1) is 14.5. The van der Waals surface area contributed by atoms with Crippen molar-refractivity contribution in [2.45, 2.75) is 6.92 Å². The van der Waals surface area contributed by atoms with Crippen LogP contribution in [0.4, 0.5) is 0 Å². The van der Waals surface area contributed by atoms with Crippen LogP contribution in [0.2, 0.25) is 0 Å². The third-order valence-corrected chi connectivity index (χ3v) is 3.06. The van der Waals surface area contributed by atoms with Crippen molar-refractivity contribution >= 4 is 5.97 Å². The minimum Gasteiger partial charge on any atom is -0.496 e. The summed E-state index contributed by atoms with van der Waals surface area (Å²) in [7, 11) is 2.85. The summed E-state index contributed by atoms with van der Waals surface area (Å²) in [6.07, 6.45) is 1.47. The lowest BCUT2D eigenvalue weighted by Crippen LogP contribution is -2.05. The predicted octanol–water partition coefficient (Wildman–Crippen LogP) is 2.72. The van der Waals surface area contributed by atoms with E-state index < -0.39 is 5.97 Å². The molecule has 21 heavy (non-hydrogen) atoms. The molecular weight excluding hydrogens is 268 g/mol. The van der Waals surface area contributed by atoms with Gasteiger partial charge in [-0.15, -0.1) is 0 Å². The Hall–Kier alpha value is -2.87. The average Bonchev–Trinajstić information content (AvgIpc) is 2.53. The van der Waals surface area contributed by atoms with Gasteiger partial charge in [-0.1, -0.05) is 0 Å². The fourth-order valence-corrected chi connectivity index (χ4v) is 2.04. The quantitative estimate of drug-likeness (QED) is 0.809. The standard InChI is InChI=1S/C16H14N2O3/c1-10-6-12(14(9-18-10)16(19)21-3)13-7-11(8-17)4-5-15(13)20-2/h4-7,9H,1-3H3. The van der Waals surface area contributed by atoms with Crippen LogP contribution in [0.25, 0.3) is 11.1 Å². The molecule has 0 saturated heterocycles. The molecule has 0 radical (unpaired) electrons. The van der Waals surface area contributed by atoms with E-state index in [4.69, 9.17) is 14.7 Å². The summed E-state index contributed by atoms with van der Waals surface area (Å²) < 4.78 is 10.1. The van der Waals surface area contributed by atoms with Gasteiger partial charge in [0, 0.05) is 23.0 Å². The molecule has 5 nitrogen and oxygen atoms in total. The molecule has 1 aromatic heterocycles. The summed E-state index contributed by atoms with van der Waals surface area (Å²) in [5.41, 5.74) is 2.85. The van der Waals surface area contributed by atoms with Crippen LogP contribution in [0.15, 0.2) is 30.5 Å². The third kappa shape index (κ3) is 2.84. The van der Waals surface area contributed by atoms with Crippen LogP contribution >= 0.6 is 0 Å². The van der Waals surface area contributed by atoms with Gasteiger partial charge in [-0.05, 0) is 31.2 Å². The molecule has 106 valence electrons. The number of ether oxygens (including phenoxy) is 2. The van der Waals surface area contributed by atoms with Crippen molar-refractivity contribution in [3.63, 3.8) is 0 Å². The molecule has 0 bridgehead atoms. The normalized spacial score (nSPS) is 9.81. The summed E-state index contributed by atoms with van der Waals surface area (Å²) in [4.78, 5) is 16.0. The van der Waals surface area contributed by atoms with Gasteiger partial charge in [0.25, 0.3) is 0 Å². The maximum Gasteiger partial charge on any atom is 0.340 e. The Morgan fingerprint density at radius 1 is 1.24 bits per heavy atom. The van der Waals surface area contributed by atoms with Crippen LogP contribution in [0.1, 0.15) is 21.6 Å². The van der Waals surface area contributed by atoms with Crippen LogP contribution < -0.4 is 4.74 Å². The second-order valence-electron chi connectivity index (χ2n) is 4.39. The molecule has 0 aliphatic heterocycles. The number of carbonyl (C=O) groups excluding carboxylic acids is 1. The SMILES string of the molecule is COC(=O)c1cnc(C)cc1-c1cc(C#N)ccc1OC. The number of carbonyl (C=O) groups is 1. The Bertz CT molecular complexity index is 733. The Morgan fingerprint density at radius 3 is 2.62 bits per heavy atom. The Kier molecular flexibility index (Phi) is 4.19. The van der Waals surface area contributed by atoms with Crippen LogP contribution in [0.3, 0.4) is 0 Å². The zero-order valence-electron chi connectivity index (χ0n) is 12.0. The van der Waals surface area contributed by atoms with Gasteiger partial charge in [-0.2, -0.15) is 5.26 Å². The molecular formula is C16H14N2O3. The number of methoxy groups -OCH3 is 2. The van der Waals surface area contributed by atoms with E-state index in [1.54, 1.807) is 24.3 Å². The molecule has 2 aromatic rings. The Morgan fingerprint density at radius 2 is 2.00 bits per heavy atom. The summed E-state index contributed by atoms with van der Waals surface area (Å²) >= 11 is 0. The van der Waals surface area contributed by atoms with E-state index in [2.05, 4.69) is 11.1 Å². The van der Waals surface area contributed by atoms with E-state index in [1.165, 1.54) is 20.4 Å². The van der Waals surface area contributed by atoms with Crippen molar-refractivity contribution in [3.05, 3.63) is 47.3 Å². The molecule has 0 N–H and O–H groups in total. The number of pyridine rings is 1. The molecule has 0 amide bonds. The topological polar surface area (TPSA) is 72.2 Å². The smallest absolute Gasteiger partial charge is 0.340 e. The molecule has 0 spiro atoms. The number of benzene rings is 1. The fraction of sp³-hybridized carbons (Fsp3) is 0.188. The van der Waals surface area contributed by atoms with E-state index in [-0.39, 0.29) is 0 Å². The van der Waals surface area contributed by atoms with Gasteiger partial charge in [0.15, 0.2) is 0 Å². The lowest BCUT2D eigenvalue weighted by Gasteiger charge is -2.12. The van der Waals surface area contributed by atoms with E-state index >= 15 is 0 Å². The second-order valence-corrected chi connectivity index (χ2v) is 4.39. The van der Waals surface area contributed by atoms with E-state index in [9.17, 15) is 4.79 Å². The molecule has 0 atom stereocenters. The molecule has 0 unspecified atom stereocenters. The molecule has 5 heteroatoms. The number of hydrogen-bond donors (Lipinski definition) is 0. The molecule has 1 heterocycles. The summed E-state index contributed by atoms with van der Waals surface area (Å²) in [6.45, 7) is 1.82. The van der Waals surface area contributed by atoms with Crippen molar-refractivity contribution in [1.29, 1.82) is 5.26 Å². The molecule has 0 aliphatic carbocycles. The first-order chi connectivity index (χ1) is 10.1. The first-order valence-corrected chi connectivity index (χ1v) is 6.24. The zero-order valence-corrected chi connectivity index (χ0v) is 12.0. The maximum atomic E-state index is 11.9. The maximum absolute atomic E-state index is 11.9. The lowest BCUT2D eigenvalue weighted by atomic mass is 9.98. The molecule has 2 rings (SSSR count). The third-order valence-electron chi connectivity index (χ3n) is 3.06. The minimum absolute atomic E-state index is 0.330. The summed E-state index contributed by atoms with van der Waals surface area (Å²) in [6, 6.07) is 8.89. The van der Waals surface area contributed by atoms with E-state index in [0.717, 1.165) is 5.69 Å². The minimum atomic E-state index is -0.484. The largest absolute Gasteiger partial charge is 0.496 e. The highest BCUT2D eigenvalue weighted by atomic mass is 16.5. The molecule has 0 fully saturated rings. The zero-order chi connectivity index (χ0) is 15.4. The van der Waals surface area contributed by atoms with Crippen molar-refractivity contribution < 1.29 is 14.3 Å². The van der Waals surface area contributed by atoms with Crippen LogP contribution in [0.5, 0.6) is 5.75 Å². The molecule has 1 aromatic carbocycles. The second kappa shape index (κ2) is 6.06. The highest BCUT2D eigenvalue weighted by Crippen LogP contribution is 2.33. The Balaban J connectivity index is 2.74. The van der Waals surface area contributed by atoms with Gasteiger partial charge >= 0.3 is 5.97 Å². The number of rotatable bonds is 3. The van der Waals surface area contributed by atoms with Crippen molar-refractivity contribution in [1.82, 2.24) is 4.98 Å². The average molecular weight is 282 g/mol. The number of hydrogen-bond acceptors (Lipinski definition) is 5. The highest BCUT2D eigenvalue weighted by molar-refractivity contribution is 5.98. The molecule has 0 saturated carbocycles. The number of nitriles is 1. The van der Waals surface area contributed by atoms with E-state index in [1.807, 2.05) is 6.92 Å². The fourth-order valence-electron chi connectivity index (χ4n) is 2.04. The molecule has 0 aliphatic rings. The van der Waals surface area contributed by atoms with Gasteiger partial charge in [0.2, 0.25) is 0 Å². The van der Waals surface area contributed by atoms with Crippen molar-refractivity contribution in [3.8, 4) is 22.9 Å². The van der Waals surface area contributed by atoms with Crippen molar-refractivity contribution in [2.24, 2.45) is 0 Å². The number of aromatic nitrogens is 1. The number of nitrogens with zero attached hydrogens (tertiary/aromatic N) is 2. The van der Waals surface area contributed by atoms with Crippen LogP contribution in [0, 0.1) is 18.3 Å². The first-order valence-electron chi connectivity index (χ1n) is 6.24. The van der Waals surface area contributed by atoms with E-state index in [0.29, 0.717) is 28.0 Å². The van der Waals surface area contributed by atoms with Gasteiger partial charge in [-0.25, -0.2) is 4.79 Å².